The molecule has 1 heterocycles. The summed E-state index contributed by atoms with van der Waals surface area (Å²) in [5.74, 6) is -0.802. The lowest BCUT2D eigenvalue weighted by Gasteiger charge is -2.22. The molecule has 0 spiro atoms. The van der Waals surface area contributed by atoms with E-state index < -0.39 is 11.8 Å². The molecule has 3 amide bonds. The molecule has 2 N–H and O–H groups in total. The van der Waals surface area contributed by atoms with E-state index in [2.05, 4.69) is 15.8 Å². The Morgan fingerprint density at radius 1 is 1.03 bits per heavy atom. The number of amides is 3. The second-order valence-electron chi connectivity index (χ2n) is 7.46. The van der Waals surface area contributed by atoms with Crippen LogP contribution in [0.25, 0.3) is 0 Å². The first-order chi connectivity index (χ1) is 14.1. The van der Waals surface area contributed by atoms with Gasteiger partial charge < -0.3 is 15.0 Å². The van der Waals surface area contributed by atoms with Gasteiger partial charge in [0.05, 0.1) is 6.21 Å². The Kier molecular flexibility index (Phi) is 7.61. The summed E-state index contributed by atoms with van der Waals surface area (Å²) < 4.78 is 5.52. The van der Waals surface area contributed by atoms with Crippen LogP contribution in [-0.2, 0) is 14.4 Å². The number of ether oxygens (including phenoxy) is 1. The second kappa shape index (κ2) is 10.6. The molecule has 3 rings (SSSR count). The monoisotopic (exact) mass is 400 g/mol. The molecule has 8 heteroatoms. The highest BCUT2D eigenvalue weighted by Gasteiger charge is 2.23. The van der Waals surface area contributed by atoms with Crippen molar-refractivity contribution in [2.45, 2.75) is 51.0 Å². The van der Waals surface area contributed by atoms with Gasteiger partial charge in [-0.3, -0.25) is 14.4 Å². The van der Waals surface area contributed by atoms with Crippen molar-refractivity contribution in [3.05, 3.63) is 29.8 Å². The van der Waals surface area contributed by atoms with Crippen molar-refractivity contribution >= 4 is 23.9 Å². The topological polar surface area (TPSA) is 100 Å². The van der Waals surface area contributed by atoms with Crippen LogP contribution in [-0.4, -0.2) is 54.6 Å². The maximum absolute atomic E-state index is 12.0. The lowest BCUT2D eigenvalue weighted by atomic mass is 9.95. The Balaban J connectivity index is 1.38. The standard InChI is InChI=1S/C21H28N4O4/c26-19(23-17-6-2-1-3-7-17)15-29-18-10-8-16(9-11-18)14-22-24-20(27)21(28)25-12-4-5-13-25/h8-11,14,17H,1-7,12-13,15H2,(H,23,26)(H,24,27)/b22-14-. The minimum Gasteiger partial charge on any atom is -0.484 e. The van der Waals surface area contributed by atoms with Gasteiger partial charge >= 0.3 is 11.8 Å². The van der Waals surface area contributed by atoms with Crippen molar-refractivity contribution in [2.75, 3.05) is 19.7 Å². The van der Waals surface area contributed by atoms with Gasteiger partial charge in [0.1, 0.15) is 5.75 Å². The van der Waals surface area contributed by atoms with Crippen LogP contribution >= 0.6 is 0 Å². The quantitative estimate of drug-likeness (QED) is 0.430. The molecule has 1 aromatic carbocycles. The van der Waals surface area contributed by atoms with Gasteiger partial charge in [0.2, 0.25) is 0 Å². The van der Waals surface area contributed by atoms with E-state index in [1.54, 1.807) is 24.3 Å². The maximum atomic E-state index is 12.0. The highest BCUT2D eigenvalue weighted by atomic mass is 16.5. The predicted molar refractivity (Wildman–Crippen MR) is 109 cm³/mol. The van der Waals surface area contributed by atoms with Crippen molar-refractivity contribution < 1.29 is 19.1 Å². The van der Waals surface area contributed by atoms with E-state index >= 15 is 0 Å². The zero-order valence-electron chi connectivity index (χ0n) is 16.6. The summed E-state index contributed by atoms with van der Waals surface area (Å²) in [5, 5.41) is 6.84. The first-order valence-electron chi connectivity index (χ1n) is 10.3. The van der Waals surface area contributed by atoms with E-state index in [9.17, 15) is 14.4 Å². The van der Waals surface area contributed by atoms with E-state index in [1.807, 2.05) is 0 Å². The van der Waals surface area contributed by atoms with Crippen molar-refractivity contribution in [3.63, 3.8) is 0 Å². The molecule has 1 aliphatic heterocycles. The van der Waals surface area contributed by atoms with E-state index in [-0.39, 0.29) is 18.6 Å². The summed E-state index contributed by atoms with van der Waals surface area (Å²) in [6, 6.07) is 7.24. The molecule has 0 atom stereocenters. The smallest absolute Gasteiger partial charge is 0.329 e. The average molecular weight is 400 g/mol. The SMILES string of the molecule is O=C(COc1ccc(/C=N\NC(=O)C(=O)N2CCCC2)cc1)NC1CCCCC1. The summed E-state index contributed by atoms with van der Waals surface area (Å²) >= 11 is 0. The van der Waals surface area contributed by atoms with Crippen LogP contribution in [0, 0.1) is 0 Å². The molecule has 8 nitrogen and oxygen atoms in total. The number of likely N-dealkylation sites (tertiary alicyclic amines) is 1. The highest BCUT2D eigenvalue weighted by molar-refractivity contribution is 6.35. The highest BCUT2D eigenvalue weighted by Crippen LogP contribution is 2.17. The third-order valence-electron chi connectivity index (χ3n) is 5.19. The van der Waals surface area contributed by atoms with Crippen LogP contribution in [0.3, 0.4) is 0 Å². The van der Waals surface area contributed by atoms with E-state index in [1.165, 1.54) is 30.4 Å². The summed E-state index contributed by atoms with van der Waals surface area (Å²) in [7, 11) is 0. The van der Waals surface area contributed by atoms with Crippen molar-refractivity contribution in [2.24, 2.45) is 5.10 Å². The van der Waals surface area contributed by atoms with E-state index in [4.69, 9.17) is 4.74 Å². The Morgan fingerprint density at radius 3 is 2.41 bits per heavy atom. The first kappa shape index (κ1) is 20.8. The van der Waals surface area contributed by atoms with Crippen molar-refractivity contribution in [1.82, 2.24) is 15.6 Å². The molecule has 1 aliphatic carbocycles. The molecule has 1 saturated heterocycles. The Bertz CT molecular complexity index is 736. The van der Waals surface area contributed by atoms with Gasteiger partial charge in [-0.05, 0) is 55.5 Å². The fourth-order valence-corrected chi connectivity index (χ4v) is 3.59. The number of benzene rings is 1. The Morgan fingerprint density at radius 2 is 1.72 bits per heavy atom. The van der Waals surface area contributed by atoms with Crippen molar-refractivity contribution in [3.8, 4) is 5.75 Å². The molecule has 2 aliphatic rings. The average Bonchev–Trinajstić information content (AvgIpc) is 3.28. The molecule has 1 aromatic rings. The fourth-order valence-electron chi connectivity index (χ4n) is 3.59. The van der Waals surface area contributed by atoms with Crippen LogP contribution in [0.2, 0.25) is 0 Å². The van der Waals surface area contributed by atoms with Gasteiger partial charge in [-0.25, -0.2) is 5.43 Å². The molecule has 29 heavy (non-hydrogen) atoms. The molecule has 2 fully saturated rings. The minimum atomic E-state index is -0.730. The number of carbonyl (C=O) groups is 3. The zero-order valence-corrected chi connectivity index (χ0v) is 16.6. The second-order valence-corrected chi connectivity index (χ2v) is 7.46. The van der Waals surface area contributed by atoms with Crippen molar-refractivity contribution in [1.29, 1.82) is 0 Å². The molecular formula is C21H28N4O4. The minimum absolute atomic E-state index is 0.0153. The van der Waals surface area contributed by atoms with Gasteiger partial charge in [-0.2, -0.15) is 5.10 Å². The Labute approximate surface area is 170 Å². The Hall–Kier alpha value is -2.90. The third kappa shape index (κ3) is 6.58. The summed E-state index contributed by atoms with van der Waals surface area (Å²) in [4.78, 5) is 37.2. The number of carbonyl (C=O) groups excluding carboxylic acids is 3. The molecule has 1 saturated carbocycles. The van der Waals surface area contributed by atoms with Crippen LogP contribution in [0.5, 0.6) is 5.75 Å². The van der Waals surface area contributed by atoms with Gasteiger partial charge in [-0.15, -0.1) is 0 Å². The first-order valence-corrected chi connectivity index (χ1v) is 10.3. The largest absolute Gasteiger partial charge is 0.484 e. The lowest BCUT2D eigenvalue weighted by Crippen LogP contribution is -2.39. The predicted octanol–water partition coefficient (Wildman–Crippen LogP) is 1.59. The van der Waals surface area contributed by atoms with E-state index in [0.717, 1.165) is 31.2 Å². The fraction of sp³-hybridized carbons (Fsp3) is 0.524. The summed E-state index contributed by atoms with van der Waals surface area (Å²) in [5.41, 5.74) is 2.99. The zero-order chi connectivity index (χ0) is 20.5. The van der Waals surface area contributed by atoms with Gasteiger partial charge in [0.25, 0.3) is 5.91 Å². The summed E-state index contributed by atoms with van der Waals surface area (Å²) in [6.07, 6.45) is 8.98. The molecule has 0 unspecified atom stereocenters. The number of nitrogens with zero attached hydrogens (tertiary/aromatic N) is 2. The van der Waals surface area contributed by atoms with Crippen LogP contribution in [0.15, 0.2) is 29.4 Å². The number of hydrogen-bond acceptors (Lipinski definition) is 5. The summed E-state index contributed by atoms with van der Waals surface area (Å²) in [6.45, 7) is 1.23. The number of hydrogen-bond donors (Lipinski definition) is 2. The van der Waals surface area contributed by atoms with Gasteiger partial charge in [0.15, 0.2) is 6.61 Å². The maximum Gasteiger partial charge on any atom is 0.329 e. The number of rotatable bonds is 6. The normalized spacial score (nSPS) is 17.3. The molecule has 156 valence electrons. The van der Waals surface area contributed by atoms with Crippen LogP contribution in [0.1, 0.15) is 50.5 Å². The number of hydrazone groups is 1. The molecule has 0 aromatic heterocycles. The van der Waals surface area contributed by atoms with Crippen LogP contribution < -0.4 is 15.5 Å². The van der Waals surface area contributed by atoms with E-state index in [0.29, 0.717) is 18.8 Å². The van der Waals surface area contributed by atoms with Gasteiger partial charge in [0, 0.05) is 19.1 Å². The molecule has 0 bridgehead atoms. The third-order valence-corrected chi connectivity index (χ3v) is 5.19. The number of nitrogens with one attached hydrogen (secondary N) is 2. The van der Waals surface area contributed by atoms with Crippen LogP contribution in [0.4, 0.5) is 0 Å². The molecular weight excluding hydrogens is 372 g/mol. The lowest BCUT2D eigenvalue weighted by molar-refractivity contribution is -0.145. The van der Waals surface area contributed by atoms with Gasteiger partial charge in [-0.1, -0.05) is 19.3 Å². The molecule has 0 radical (unpaired) electrons.